The van der Waals surface area contributed by atoms with E-state index >= 15 is 0 Å². The molecule has 1 fully saturated rings. The first-order valence-electron chi connectivity index (χ1n) is 6.78. The van der Waals surface area contributed by atoms with Crippen LogP contribution in [0.3, 0.4) is 0 Å². The number of rotatable bonds is 2. The van der Waals surface area contributed by atoms with Crippen LogP contribution in [0.25, 0.3) is 0 Å². The molecule has 0 saturated heterocycles. The fraction of sp³-hybridized carbons (Fsp3) is 0.533. The second kappa shape index (κ2) is 5.51. The molecule has 0 radical (unpaired) electrons. The molecule has 0 aromatic heterocycles. The first-order valence-corrected chi connectivity index (χ1v) is 6.78. The highest BCUT2D eigenvalue weighted by molar-refractivity contribution is 5.97. The highest BCUT2D eigenvalue weighted by atomic mass is 16.3. The quantitative estimate of drug-likeness (QED) is 0.862. The van der Waals surface area contributed by atoms with Gasteiger partial charge in [0.2, 0.25) is 0 Å². The Morgan fingerprint density at radius 3 is 2.42 bits per heavy atom. The Morgan fingerprint density at radius 2 is 1.84 bits per heavy atom. The van der Waals surface area contributed by atoms with Crippen LogP contribution in [0.15, 0.2) is 18.2 Å². The summed E-state index contributed by atoms with van der Waals surface area (Å²) < 4.78 is 0. The number of amides is 1. The Kier molecular flexibility index (Phi) is 3.98. The van der Waals surface area contributed by atoms with E-state index in [0.717, 1.165) is 31.6 Å². The minimum atomic E-state index is -0.183. The highest BCUT2D eigenvalue weighted by Gasteiger charge is 2.26. The molecular formula is C15H21NO3. The van der Waals surface area contributed by atoms with Crippen LogP contribution in [-0.4, -0.2) is 34.1 Å². The number of hydrogen-bond acceptors (Lipinski definition) is 3. The molecule has 1 amide bonds. The zero-order chi connectivity index (χ0) is 14.0. The summed E-state index contributed by atoms with van der Waals surface area (Å²) in [5, 5.41) is 19.0. The minimum Gasteiger partial charge on any atom is -0.508 e. The Balaban J connectivity index is 2.10. The minimum absolute atomic E-state index is 0.0387. The molecule has 0 aliphatic heterocycles. The number of phenols is 2. The lowest BCUT2D eigenvalue weighted by Crippen LogP contribution is -2.39. The van der Waals surface area contributed by atoms with Crippen molar-refractivity contribution in [3.63, 3.8) is 0 Å². The van der Waals surface area contributed by atoms with E-state index < -0.39 is 0 Å². The van der Waals surface area contributed by atoms with Crippen LogP contribution in [0.4, 0.5) is 0 Å². The van der Waals surface area contributed by atoms with Gasteiger partial charge < -0.3 is 15.1 Å². The summed E-state index contributed by atoms with van der Waals surface area (Å²) in [5.41, 5.74) is 0.249. The highest BCUT2D eigenvalue weighted by Crippen LogP contribution is 2.29. The lowest BCUT2D eigenvalue weighted by Gasteiger charge is -2.33. The van der Waals surface area contributed by atoms with Crippen LogP contribution < -0.4 is 0 Å². The van der Waals surface area contributed by atoms with E-state index in [0.29, 0.717) is 0 Å². The molecule has 19 heavy (non-hydrogen) atoms. The van der Waals surface area contributed by atoms with Gasteiger partial charge in [-0.05, 0) is 43.7 Å². The maximum atomic E-state index is 12.3. The van der Waals surface area contributed by atoms with Crippen LogP contribution in [0.5, 0.6) is 11.5 Å². The zero-order valence-electron chi connectivity index (χ0n) is 11.5. The van der Waals surface area contributed by atoms with Crippen molar-refractivity contribution >= 4 is 5.91 Å². The molecule has 104 valence electrons. The second-order valence-corrected chi connectivity index (χ2v) is 5.53. The van der Waals surface area contributed by atoms with Gasteiger partial charge in [-0.25, -0.2) is 0 Å². The van der Waals surface area contributed by atoms with Gasteiger partial charge in [0, 0.05) is 19.2 Å². The summed E-state index contributed by atoms with van der Waals surface area (Å²) >= 11 is 0. The van der Waals surface area contributed by atoms with Crippen LogP contribution in [0.2, 0.25) is 0 Å². The largest absolute Gasteiger partial charge is 0.508 e. The summed E-state index contributed by atoms with van der Waals surface area (Å²) in [4.78, 5) is 14.1. The van der Waals surface area contributed by atoms with Crippen LogP contribution in [0, 0.1) is 5.92 Å². The van der Waals surface area contributed by atoms with Gasteiger partial charge in [-0.15, -0.1) is 0 Å². The third-order valence-electron chi connectivity index (χ3n) is 4.07. The predicted molar refractivity (Wildman–Crippen MR) is 73.3 cm³/mol. The fourth-order valence-corrected chi connectivity index (χ4v) is 2.69. The molecule has 1 aliphatic rings. The molecule has 0 unspecified atom stereocenters. The van der Waals surface area contributed by atoms with Gasteiger partial charge in [0.1, 0.15) is 11.5 Å². The SMILES string of the molecule is CC1CCC(N(C)C(=O)c2ccc(O)cc2O)CC1. The molecule has 1 aromatic rings. The lowest BCUT2D eigenvalue weighted by molar-refractivity contribution is 0.0676. The monoisotopic (exact) mass is 263 g/mol. The molecule has 0 heterocycles. The van der Waals surface area contributed by atoms with Gasteiger partial charge >= 0.3 is 0 Å². The number of aromatic hydroxyl groups is 2. The van der Waals surface area contributed by atoms with Gasteiger partial charge in [0.25, 0.3) is 5.91 Å². The summed E-state index contributed by atoms with van der Waals surface area (Å²) in [6.07, 6.45) is 4.32. The van der Waals surface area contributed by atoms with Crippen molar-refractivity contribution < 1.29 is 15.0 Å². The van der Waals surface area contributed by atoms with Crippen molar-refractivity contribution in [3.8, 4) is 11.5 Å². The van der Waals surface area contributed by atoms with Crippen molar-refractivity contribution in [1.29, 1.82) is 0 Å². The molecule has 4 heteroatoms. The van der Waals surface area contributed by atoms with Gasteiger partial charge in [0.05, 0.1) is 5.56 Å². The first kappa shape index (κ1) is 13.7. The van der Waals surface area contributed by atoms with Gasteiger partial charge in [-0.1, -0.05) is 6.92 Å². The Hall–Kier alpha value is -1.71. The molecule has 0 bridgehead atoms. The summed E-state index contributed by atoms with van der Waals surface area (Å²) in [7, 11) is 1.79. The predicted octanol–water partition coefficient (Wildman–Crippen LogP) is 2.75. The topological polar surface area (TPSA) is 60.8 Å². The molecular weight excluding hydrogens is 242 g/mol. The Bertz CT molecular complexity index is 464. The first-order chi connectivity index (χ1) is 8.99. The van der Waals surface area contributed by atoms with Gasteiger partial charge in [0.15, 0.2) is 0 Å². The zero-order valence-corrected chi connectivity index (χ0v) is 11.5. The normalized spacial score (nSPS) is 23.1. The maximum absolute atomic E-state index is 12.3. The van der Waals surface area contributed by atoms with E-state index in [2.05, 4.69) is 6.92 Å². The lowest BCUT2D eigenvalue weighted by atomic mass is 9.86. The van der Waals surface area contributed by atoms with E-state index in [9.17, 15) is 15.0 Å². The van der Waals surface area contributed by atoms with Gasteiger partial charge in [-0.3, -0.25) is 4.79 Å². The summed E-state index contributed by atoms with van der Waals surface area (Å²) in [6, 6.07) is 4.33. The van der Waals surface area contributed by atoms with Crippen LogP contribution >= 0.6 is 0 Å². The smallest absolute Gasteiger partial charge is 0.257 e. The molecule has 0 atom stereocenters. The van der Waals surface area contributed by atoms with Crippen molar-refractivity contribution in [1.82, 2.24) is 4.90 Å². The average Bonchev–Trinajstić information content (AvgIpc) is 2.38. The summed E-state index contributed by atoms with van der Waals surface area (Å²) in [5.74, 6) is 0.350. The van der Waals surface area contributed by atoms with Crippen molar-refractivity contribution in [2.45, 2.75) is 38.6 Å². The Morgan fingerprint density at radius 1 is 1.21 bits per heavy atom. The van der Waals surface area contributed by atoms with Crippen molar-refractivity contribution in [3.05, 3.63) is 23.8 Å². The molecule has 2 N–H and O–H groups in total. The van der Waals surface area contributed by atoms with E-state index in [4.69, 9.17) is 0 Å². The second-order valence-electron chi connectivity index (χ2n) is 5.53. The average molecular weight is 263 g/mol. The molecule has 0 spiro atoms. The molecule has 1 aliphatic carbocycles. The molecule has 4 nitrogen and oxygen atoms in total. The number of hydrogen-bond donors (Lipinski definition) is 2. The summed E-state index contributed by atoms with van der Waals surface area (Å²) in [6.45, 7) is 2.24. The standard InChI is InChI=1S/C15H21NO3/c1-10-3-5-11(6-4-10)16(2)15(19)13-8-7-12(17)9-14(13)18/h7-11,17-18H,3-6H2,1-2H3. The van der Waals surface area contributed by atoms with Gasteiger partial charge in [-0.2, -0.15) is 0 Å². The maximum Gasteiger partial charge on any atom is 0.257 e. The number of benzene rings is 1. The van der Waals surface area contributed by atoms with Crippen molar-refractivity contribution in [2.75, 3.05) is 7.05 Å². The van der Waals surface area contributed by atoms with Crippen LogP contribution in [-0.2, 0) is 0 Å². The molecule has 1 saturated carbocycles. The fourth-order valence-electron chi connectivity index (χ4n) is 2.69. The number of nitrogens with zero attached hydrogens (tertiary/aromatic N) is 1. The third kappa shape index (κ3) is 3.00. The van der Waals surface area contributed by atoms with E-state index in [1.807, 2.05) is 0 Å². The van der Waals surface area contributed by atoms with Crippen molar-refractivity contribution in [2.24, 2.45) is 5.92 Å². The van der Waals surface area contributed by atoms with E-state index in [1.54, 1.807) is 11.9 Å². The Labute approximate surface area is 113 Å². The molecule has 1 aromatic carbocycles. The number of carbonyl (C=O) groups excluding carboxylic acids is 1. The molecule has 2 rings (SSSR count). The van der Waals surface area contributed by atoms with E-state index in [1.165, 1.54) is 18.2 Å². The number of carbonyl (C=O) groups is 1. The number of phenolic OH excluding ortho intramolecular Hbond substituents is 2. The third-order valence-corrected chi connectivity index (χ3v) is 4.07. The van der Waals surface area contributed by atoms with Crippen LogP contribution in [0.1, 0.15) is 43.0 Å². The van der Waals surface area contributed by atoms with E-state index in [-0.39, 0.29) is 29.0 Å².